The van der Waals surface area contributed by atoms with Crippen molar-refractivity contribution >= 4 is 28.4 Å². The van der Waals surface area contributed by atoms with Crippen molar-refractivity contribution in [3.63, 3.8) is 0 Å². The van der Waals surface area contributed by atoms with E-state index in [0.717, 1.165) is 28.0 Å². The zero-order valence-corrected chi connectivity index (χ0v) is 11.3. The van der Waals surface area contributed by atoms with Gasteiger partial charge in [-0.05, 0) is 12.5 Å². The Hall–Kier alpha value is -1.52. The maximum absolute atomic E-state index is 11.1. The summed E-state index contributed by atoms with van der Waals surface area (Å²) in [5.41, 5.74) is 2.06. The highest BCUT2D eigenvalue weighted by Gasteiger charge is 2.18. The second-order valence-electron chi connectivity index (χ2n) is 4.88. The fourth-order valence-corrected chi connectivity index (χ4v) is 2.72. The quantitative estimate of drug-likeness (QED) is 0.805. The lowest BCUT2D eigenvalue weighted by Gasteiger charge is -2.23. The normalized spacial score (nSPS) is 19.6. The number of H-pyrrole nitrogens is 1. The first-order valence-electron chi connectivity index (χ1n) is 6.49. The Bertz CT molecular complexity index is 598. The van der Waals surface area contributed by atoms with Crippen molar-refractivity contribution in [2.75, 3.05) is 6.54 Å². The van der Waals surface area contributed by atoms with E-state index in [-0.39, 0.29) is 5.91 Å². The van der Waals surface area contributed by atoms with E-state index in [1.165, 1.54) is 0 Å². The predicted octanol–water partition coefficient (Wildman–Crippen LogP) is 2.19. The molecule has 2 aromatic rings. The lowest BCUT2D eigenvalue weighted by Crippen LogP contribution is -2.45. The molecule has 1 saturated heterocycles. The molecule has 0 spiro atoms. The minimum Gasteiger partial charge on any atom is -0.356 e. The summed E-state index contributed by atoms with van der Waals surface area (Å²) >= 11 is 6.36. The van der Waals surface area contributed by atoms with Gasteiger partial charge in [-0.3, -0.25) is 4.79 Å². The highest BCUT2D eigenvalue weighted by atomic mass is 35.5. The van der Waals surface area contributed by atoms with Gasteiger partial charge in [-0.1, -0.05) is 29.8 Å². The van der Waals surface area contributed by atoms with Gasteiger partial charge in [0.05, 0.1) is 5.02 Å². The molecule has 0 aliphatic carbocycles. The van der Waals surface area contributed by atoms with Gasteiger partial charge < -0.3 is 15.6 Å². The molecule has 5 heteroatoms. The minimum absolute atomic E-state index is 0.140. The first-order valence-corrected chi connectivity index (χ1v) is 6.87. The van der Waals surface area contributed by atoms with Gasteiger partial charge in [-0.2, -0.15) is 0 Å². The third-order valence-electron chi connectivity index (χ3n) is 3.55. The lowest BCUT2D eigenvalue weighted by molar-refractivity contribution is -0.122. The molecule has 19 heavy (non-hydrogen) atoms. The number of fused-ring (bicyclic) bond motifs is 1. The van der Waals surface area contributed by atoms with E-state index in [1.54, 1.807) is 0 Å². The number of amides is 1. The summed E-state index contributed by atoms with van der Waals surface area (Å²) in [4.78, 5) is 14.4. The van der Waals surface area contributed by atoms with Crippen LogP contribution in [0.15, 0.2) is 24.3 Å². The Morgan fingerprint density at radius 1 is 1.37 bits per heavy atom. The Morgan fingerprint density at radius 2 is 2.21 bits per heavy atom. The standard InChI is InChI=1S/C14H16ClN3O/c15-14-10-3-1-2-4-11(10)18-12(14)8-16-9-5-6-13(19)17-7-9/h1-4,9,16,18H,5-8H2,(H,17,19). The predicted molar refractivity (Wildman–Crippen MR) is 76.2 cm³/mol. The number of aromatic nitrogens is 1. The monoisotopic (exact) mass is 277 g/mol. The number of benzene rings is 1. The number of hydrogen-bond donors (Lipinski definition) is 3. The van der Waals surface area contributed by atoms with Crippen molar-refractivity contribution in [3.8, 4) is 0 Å². The molecule has 1 aromatic carbocycles. The fourth-order valence-electron chi connectivity index (χ4n) is 2.44. The number of carbonyl (C=O) groups excluding carboxylic acids is 1. The number of hydrogen-bond acceptors (Lipinski definition) is 2. The molecule has 1 aliphatic heterocycles. The van der Waals surface area contributed by atoms with Crippen LogP contribution in [0, 0.1) is 0 Å². The molecule has 1 atom stereocenters. The maximum atomic E-state index is 11.1. The van der Waals surface area contributed by atoms with Gasteiger partial charge in [0.2, 0.25) is 5.91 Å². The summed E-state index contributed by atoms with van der Waals surface area (Å²) in [6.07, 6.45) is 1.47. The molecule has 100 valence electrons. The van der Waals surface area contributed by atoms with Gasteiger partial charge in [0.25, 0.3) is 0 Å². The first-order chi connectivity index (χ1) is 9.24. The van der Waals surface area contributed by atoms with Crippen molar-refractivity contribution < 1.29 is 4.79 Å². The first kappa shape index (κ1) is 12.5. The van der Waals surface area contributed by atoms with Crippen LogP contribution in [-0.2, 0) is 11.3 Å². The van der Waals surface area contributed by atoms with Crippen molar-refractivity contribution in [2.24, 2.45) is 0 Å². The van der Waals surface area contributed by atoms with Gasteiger partial charge in [0.15, 0.2) is 0 Å². The van der Waals surface area contributed by atoms with Gasteiger partial charge in [0, 0.05) is 42.1 Å². The molecule has 3 rings (SSSR count). The van der Waals surface area contributed by atoms with Crippen molar-refractivity contribution in [3.05, 3.63) is 35.0 Å². The SMILES string of the molecule is O=C1CCC(NCc2[nH]c3ccccc3c2Cl)CN1. The van der Waals surface area contributed by atoms with Gasteiger partial charge >= 0.3 is 0 Å². The molecular formula is C14H16ClN3O. The number of para-hydroxylation sites is 1. The summed E-state index contributed by atoms with van der Waals surface area (Å²) < 4.78 is 0. The summed E-state index contributed by atoms with van der Waals surface area (Å²) in [6, 6.07) is 8.32. The van der Waals surface area contributed by atoms with Crippen molar-refractivity contribution in [1.82, 2.24) is 15.6 Å². The van der Waals surface area contributed by atoms with E-state index in [1.807, 2.05) is 24.3 Å². The Kier molecular flexibility index (Phi) is 3.44. The molecular weight excluding hydrogens is 262 g/mol. The zero-order chi connectivity index (χ0) is 13.2. The summed E-state index contributed by atoms with van der Waals surface area (Å²) in [5, 5.41) is 8.13. The van der Waals surface area contributed by atoms with Crippen LogP contribution in [0.25, 0.3) is 10.9 Å². The molecule has 1 aliphatic rings. The molecule has 1 unspecified atom stereocenters. The molecule has 4 nitrogen and oxygen atoms in total. The number of piperidine rings is 1. The van der Waals surface area contributed by atoms with Crippen LogP contribution >= 0.6 is 11.6 Å². The Morgan fingerprint density at radius 3 is 2.95 bits per heavy atom. The molecule has 1 fully saturated rings. The molecule has 2 heterocycles. The second-order valence-corrected chi connectivity index (χ2v) is 5.26. The molecule has 0 saturated carbocycles. The molecule has 0 bridgehead atoms. The number of halogens is 1. The topological polar surface area (TPSA) is 56.9 Å². The van der Waals surface area contributed by atoms with E-state index >= 15 is 0 Å². The van der Waals surface area contributed by atoms with E-state index in [2.05, 4.69) is 15.6 Å². The van der Waals surface area contributed by atoms with E-state index in [9.17, 15) is 4.79 Å². The number of aromatic amines is 1. The van der Waals surface area contributed by atoms with Gasteiger partial charge in [0.1, 0.15) is 0 Å². The average molecular weight is 278 g/mol. The molecule has 1 amide bonds. The van der Waals surface area contributed by atoms with E-state index in [4.69, 9.17) is 11.6 Å². The van der Waals surface area contributed by atoms with E-state index in [0.29, 0.717) is 25.6 Å². The fraction of sp³-hybridized carbons (Fsp3) is 0.357. The highest BCUT2D eigenvalue weighted by Crippen LogP contribution is 2.27. The van der Waals surface area contributed by atoms with Crippen molar-refractivity contribution in [2.45, 2.75) is 25.4 Å². The largest absolute Gasteiger partial charge is 0.356 e. The molecule has 0 radical (unpaired) electrons. The van der Waals surface area contributed by atoms with Gasteiger partial charge in [-0.25, -0.2) is 0 Å². The van der Waals surface area contributed by atoms with E-state index < -0.39 is 0 Å². The van der Waals surface area contributed by atoms with Crippen LogP contribution in [0.1, 0.15) is 18.5 Å². The average Bonchev–Trinajstić information content (AvgIpc) is 2.76. The Balaban J connectivity index is 1.68. The second kappa shape index (κ2) is 5.23. The number of rotatable bonds is 3. The third-order valence-corrected chi connectivity index (χ3v) is 3.98. The summed E-state index contributed by atoms with van der Waals surface area (Å²) in [7, 11) is 0. The maximum Gasteiger partial charge on any atom is 0.220 e. The smallest absolute Gasteiger partial charge is 0.220 e. The summed E-state index contributed by atoms with van der Waals surface area (Å²) in [6.45, 7) is 1.38. The minimum atomic E-state index is 0.140. The number of carbonyl (C=O) groups is 1. The van der Waals surface area contributed by atoms with Crippen LogP contribution in [0.5, 0.6) is 0 Å². The van der Waals surface area contributed by atoms with Gasteiger partial charge in [-0.15, -0.1) is 0 Å². The third kappa shape index (κ3) is 2.60. The van der Waals surface area contributed by atoms with Crippen LogP contribution in [0.2, 0.25) is 5.02 Å². The Labute approximate surface area is 116 Å². The molecule has 3 N–H and O–H groups in total. The zero-order valence-electron chi connectivity index (χ0n) is 10.5. The highest BCUT2D eigenvalue weighted by molar-refractivity contribution is 6.36. The van der Waals surface area contributed by atoms with Crippen molar-refractivity contribution in [1.29, 1.82) is 0 Å². The number of nitrogens with one attached hydrogen (secondary N) is 3. The lowest BCUT2D eigenvalue weighted by atomic mass is 10.1. The van der Waals surface area contributed by atoms with Crippen LogP contribution in [-0.4, -0.2) is 23.5 Å². The van der Waals surface area contributed by atoms with Crippen LogP contribution in [0.3, 0.4) is 0 Å². The molecule has 1 aromatic heterocycles. The summed E-state index contributed by atoms with van der Waals surface area (Å²) in [5.74, 6) is 0.140. The van der Waals surface area contributed by atoms with Crippen LogP contribution < -0.4 is 10.6 Å². The van der Waals surface area contributed by atoms with Crippen LogP contribution in [0.4, 0.5) is 0 Å².